The molecule has 2 aromatic rings. The molecular formula is C12H15N3O2. The van der Waals surface area contributed by atoms with Gasteiger partial charge in [0.1, 0.15) is 5.69 Å². The Labute approximate surface area is 98.9 Å². The number of rotatable bonds is 4. The van der Waals surface area contributed by atoms with Crippen molar-refractivity contribution in [3.8, 4) is 0 Å². The summed E-state index contributed by atoms with van der Waals surface area (Å²) in [6.45, 7) is 0.980. The van der Waals surface area contributed by atoms with Gasteiger partial charge in [0.25, 0.3) is 5.91 Å². The summed E-state index contributed by atoms with van der Waals surface area (Å²) in [5.74, 6) is -0.155. The second-order valence-corrected chi connectivity index (χ2v) is 3.74. The largest absolute Gasteiger partial charge is 0.397 e. The quantitative estimate of drug-likeness (QED) is 0.547. The Morgan fingerprint density at radius 1 is 1.53 bits per heavy atom. The zero-order valence-corrected chi connectivity index (χ0v) is 9.62. The highest BCUT2D eigenvalue weighted by molar-refractivity contribution is 6.00. The van der Waals surface area contributed by atoms with E-state index in [1.165, 1.54) is 0 Å². The average Bonchev–Trinajstić information content (AvgIpc) is 2.75. The maximum atomic E-state index is 11.8. The van der Waals surface area contributed by atoms with Crippen molar-refractivity contribution in [2.45, 2.75) is 0 Å². The number of hydrogen-bond donors (Lipinski definition) is 3. The van der Waals surface area contributed by atoms with E-state index >= 15 is 0 Å². The summed E-state index contributed by atoms with van der Waals surface area (Å²) >= 11 is 0. The van der Waals surface area contributed by atoms with Gasteiger partial charge in [-0.25, -0.2) is 0 Å². The summed E-state index contributed by atoms with van der Waals surface area (Å²) in [6, 6.07) is 7.35. The number of benzene rings is 1. The Bertz CT molecular complexity index is 534. The fraction of sp³-hybridized carbons (Fsp3) is 0.250. The fourth-order valence-corrected chi connectivity index (χ4v) is 1.66. The summed E-state index contributed by atoms with van der Waals surface area (Å²) in [7, 11) is 1.59. The van der Waals surface area contributed by atoms with E-state index in [9.17, 15) is 4.79 Å². The lowest BCUT2D eigenvalue weighted by Crippen LogP contribution is -2.27. The van der Waals surface area contributed by atoms with Gasteiger partial charge in [0, 0.05) is 19.0 Å². The molecular weight excluding hydrogens is 218 g/mol. The number of hydrogen-bond acceptors (Lipinski definition) is 3. The van der Waals surface area contributed by atoms with Crippen LogP contribution in [0.15, 0.2) is 24.3 Å². The molecule has 0 spiro atoms. The third-order valence-corrected chi connectivity index (χ3v) is 2.52. The number of H-pyrrole nitrogens is 1. The van der Waals surface area contributed by atoms with Crippen molar-refractivity contribution in [1.29, 1.82) is 0 Å². The number of aromatic amines is 1. The molecule has 1 aromatic carbocycles. The van der Waals surface area contributed by atoms with Crippen LogP contribution in [0.5, 0.6) is 0 Å². The minimum atomic E-state index is -0.155. The third kappa shape index (κ3) is 2.39. The topological polar surface area (TPSA) is 80.1 Å². The molecule has 4 N–H and O–H groups in total. The van der Waals surface area contributed by atoms with Crippen LogP contribution in [0.4, 0.5) is 5.69 Å². The number of nitrogens with two attached hydrogens (primary N) is 1. The lowest BCUT2D eigenvalue weighted by atomic mass is 10.2. The first-order valence-electron chi connectivity index (χ1n) is 5.36. The molecule has 17 heavy (non-hydrogen) atoms. The van der Waals surface area contributed by atoms with Crippen LogP contribution in [-0.4, -0.2) is 31.2 Å². The Hall–Kier alpha value is -2.01. The molecule has 0 atom stereocenters. The van der Waals surface area contributed by atoms with Crippen LogP contribution >= 0.6 is 0 Å². The Morgan fingerprint density at radius 2 is 2.35 bits per heavy atom. The number of nitrogen functional groups attached to an aromatic ring is 1. The molecule has 0 aliphatic rings. The lowest BCUT2D eigenvalue weighted by molar-refractivity contribution is 0.0933. The Morgan fingerprint density at radius 3 is 3.06 bits per heavy atom. The van der Waals surface area contributed by atoms with E-state index in [0.717, 1.165) is 10.9 Å². The first-order valence-corrected chi connectivity index (χ1v) is 5.36. The molecule has 5 heteroatoms. The van der Waals surface area contributed by atoms with Crippen LogP contribution in [-0.2, 0) is 4.74 Å². The van der Waals surface area contributed by atoms with Crippen LogP contribution in [0.1, 0.15) is 10.5 Å². The molecule has 0 aliphatic carbocycles. The molecule has 2 rings (SSSR count). The Kier molecular flexibility index (Phi) is 3.30. The second kappa shape index (κ2) is 4.88. The van der Waals surface area contributed by atoms with Crippen LogP contribution in [0, 0.1) is 0 Å². The van der Waals surface area contributed by atoms with E-state index in [1.54, 1.807) is 19.2 Å². The van der Waals surface area contributed by atoms with Crippen molar-refractivity contribution in [1.82, 2.24) is 10.3 Å². The first kappa shape index (κ1) is 11.5. The highest BCUT2D eigenvalue weighted by Gasteiger charge is 2.09. The normalized spacial score (nSPS) is 10.6. The van der Waals surface area contributed by atoms with Gasteiger partial charge in [-0.15, -0.1) is 0 Å². The molecule has 0 saturated carbocycles. The highest BCUT2D eigenvalue weighted by Crippen LogP contribution is 2.20. The van der Waals surface area contributed by atoms with Crippen LogP contribution in [0.2, 0.25) is 0 Å². The standard InChI is InChI=1S/C12H15N3O2/c1-17-6-5-14-12(16)10-7-8-3-2-4-9(13)11(8)15-10/h2-4,7,15H,5-6,13H2,1H3,(H,14,16). The van der Waals surface area contributed by atoms with Crippen LogP contribution in [0.25, 0.3) is 10.9 Å². The number of carbonyl (C=O) groups excluding carboxylic acids is 1. The number of ether oxygens (including phenoxy) is 1. The van der Waals surface area contributed by atoms with Crippen molar-refractivity contribution < 1.29 is 9.53 Å². The maximum absolute atomic E-state index is 11.8. The van der Waals surface area contributed by atoms with Gasteiger partial charge in [0.2, 0.25) is 0 Å². The monoisotopic (exact) mass is 233 g/mol. The zero-order chi connectivity index (χ0) is 12.3. The number of nitrogens with one attached hydrogen (secondary N) is 2. The molecule has 0 fully saturated rings. The number of fused-ring (bicyclic) bond motifs is 1. The van der Waals surface area contributed by atoms with Gasteiger partial charge in [0.15, 0.2) is 0 Å². The van der Waals surface area contributed by atoms with Crippen LogP contribution in [0.3, 0.4) is 0 Å². The van der Waals surface area contributed by atoms with Crippen molar-refractivity contribution >= 4 is 22.5 Å². The van der Waals surface area contributed by atoms with Gasteiger partial charge < -0.3 is 20.8 Å². The third-order valence-electron chi connectivity index (χ3n) is 2.52. The van der Waals surface area contributed by atoms with Crippen molar-refractivity contribution in [2.24, 2.45) is 0 Å². The first-order chi connectivity index (χ1) is 8.22. The van der Waals surface area contributed by atoms with Crippen molar-refractivity contribution in [3.63, 3.8) is 0 Å². The summed E-state index contributed by atoms with van der Waals surface area (Å²) in [6.07, 6.45) is 0. The number of carbonyl (C=O) groups is 1. The number of aromatic nitrogens is 1. The summed E-state index contributed by atoms with van der Waals surface area (Å²) in [5, 5.41) is 3.68. The molecule has 1 heterocycles. The number of amides is 1. The molecule has 0 saturated heterocycles. The average molecular weight is 233 g/mol. The van der Waals surface area contributed by atoms with Gasteiger partial charge in [-0.05, 0) is 12.1 Å². The SMILES string of the molecule is COCCNC(=O)c1cc2cccc(N)c2[nH]1. The van der Waals surface area contributed by atoms with E-state index in [1.807, 2.05) is 12.1 Å². The van der Waals surface area contributed by atoms with E-state index in [2.05, 4.69) is 10.3 Å². The van der Waals surface area contributed by atoms with E-state index in [4.69, 9.17) is 10.5 Å². The molecule has 0 radical (unpaired) electrons. The molecule has 0 unspecified atom stereocenters. The maximum Gasteiger partial charge on any atom is 0.267 e. The summed E-state index contributed by atoms with van der Waals surface area (Å²) in [5.41, 5.74) is 7.75. The van der Waals surface area contributed by atoms with Crippen LogP contribution < -0.4 is 11.1 Å². The van der Waals surface area contributed by atoms with Gasteiger partial charge >= 0.3 is 0 Å². The molecule has 5 nitrogen and oxygen atoms in total. The lowest BCUT2D eigenvalue weighted by Gasteiger charge is -2.01. The smallest absolute Gasteiger partial charge is 0.267 e. The van der Waals surface area contributed by atoms with E-state index in [-0.39, 0.29) is 5.91 Å². The number of methoxy groups -OCH3 is 1. The minimum absolute atomic E-state index is 0.155. The number of para-hydroxylation sites is 1. The van der Waals surface area contributed by atoms with Gasteiger partial charge in [-0.2, -0.15) is 0 Å². The minimum Gasteiger partial charge on any atom is -0.397 e. The fourth-order valence-electron chi connectivity index (χ4n) is 1.66. The van der Waals surface area contributed by atoms with Crippen molar-refractivity contribution in [3.05, 3.63) is 30.0 Å². The molecule has 0 aliphatic heterocycles. The van der Waals surface area contributed by atoms with Gasteiger partial charge in [0.05, 0.1) is 17.8 Å². The van der Waals surface area contributed by atoms with Gasteiger partial charge in [-0.3, -0.25) is 4.79 Å². The Balaban J connectivity index is 2.19. The predicted molar refractivity (Wildman–Crippen MR) is 66.9 cm³/mol. The highest BCUT2D eigenvalue weighted by atomic mass is 16.5. The number of anilines is 1. The van der Waals surface area contributed by atoms with E-state index < -0.39 is 0 Å². The predicted octanol–water partition coefficient (Wildman–Crippen LogP) is 1.13. The molecule has 0 bridgehead atoms. The zero-order valence-electron chi connectivity index (χ0n) is 9.62. The second-order valence-electron chi connectivity index (χ2n) is 3.74. The molecule has 1 amide bonds. The van der Waals surface area contributed by atoms with E-state index in [0.29, 0.717) is 24.5 Å². The molecule has 1 aromatic heterocycles. The summed E-state index contributed by atoms with van der Waals surface area (Å²) < 4.78 is 4.86. The van der Waals surface area contributed by atoms with Crippen molar-refractivity contribution in [2.75, 3.05) is 26.0 Å². The van der Waals surface area contributed by atoms with Gasteiger partial charge in [-0.1, -0.05) is 12.1 Å². The summed E-state index contributed by atoms with van der Waals surface area (Å²) in [4.78, 5) is 14.8. The molecule has 90 valence electrons.